The van der Waals surface area contributed by atoms with Crippen LogP contribution in [-0.2, 0) is 13.6 Å². The fourth-order valence-electron chi connectivity index (χ4n) is 3.13. The molecule has 134 valence electrons. The fourth-order valence-corrected chi connectivity index (χ4v) is 4.22. The van der Waals surface area contributed by atoms with E-state index in [1.165, 1.54) is 34.4 Å². The van der Waals surface area contributed by atoms with Gasteiger partial charge in [0.25, 0.3) is 11.5 Å². The molecule has 4 rings (SSSR count). The Labute approximate surface area is 153 Å². The van der Waals surface area contributed by atoms with Crippen molar-refractivity contribution in [1.82, 2.24) is 14.5 Å². The van der Waals surface area contributed by atoms with E-state index in [9.17, 15) is 14.0 Å². The number of nitrogens with zero attached hydrogens (tertiary/aromatic N) is 3. The van der Waals surface area contributed by atoms with Gasteiger partial charge in [-0.1, -0.05) is 12.1 Å². The molecule has 1 aliphatic rings. The van der Waals surface area contributed by atoms with Crippen molar-refractivity contribution in [2.75, 3.05) is 0 Å². The van der Waals surface area contributed by atoms with Gasteiger partial charge in [-0.2, -0.15) is 0 Å². The van der Waals surface area contributed by atoms with Crippen molar-refractivity contribution in [1.29, 1.82) is 0 Å². The number of hydrogen-bond donors (Lipinski definition) is 0. The van der Waals surface area contributed by atoms with Crippen LogP contribution in [0.25, 0.3) is 10.2 Å². The van der Waals surface area contributed by atoms with E-state index >= 15 is 0 Å². The highest BCUT2D eigenvalue weighted by Gasteiger charge is 2.35. The van der Waals surface area contributed by atoms with Crippen LogP contribution in [0.15, 0.2) is 35.4 Å². The van der Waals surface area contributed by atoms with Crippen molar-refractivity contribution in [2.24, 2.45) is 7.05 Å². The number of fused-ring (bicyclic) bond motifs is 1. The Bertz CT molecular complexity index is 1070. The predicted octanol–water partition coefficient (Wildman–Crippen LogP) is 3.25. The molecule has 0 spiro atoms. The Morgan fingerprint density at radius 1 is 1.42 bits per heavy atom. The van der Waals surface area contributed by atoms with Crippen molar-refractivity contribution in [2.45, 2.75) is 32.4 Å². The minimum Gasteiger partial charge on any atom is -0.331 e. The standard InChI is InChI=1S/C19H18FN3O2S/c1-11-15-17(21-10-22(2)18(15)24)26-16(11)19(25)23(14-6-7-14)9-12-4-3-5-13(20)8-12/h3-5,8,10,14H,6-7,9H2,1-2H3. The van der Waals surface area contributed by atoms with Gasteiger partial charge in [-0.15, -0.1) is 11.3 Å². The molecule has 0 radical (unpaired) electrons. The summed E-state index contributed by atoms with van der Waals surface area (Å²) in [5.74, 6) is -0.421. The molecule has 2 heterocycles. The van der Waals surface area contributed by atoms with Gasteiger partial charge in [-0.3, -0.25) is 9.59 Å². The number of thiophene rings is 1. The number of carbonyl (C=O) groups is 1. The zero-order valence-corrected chi connectivity index (χ0v) is 15.3. The second kappa shape index (κ2) is 6.32. The molecule has 0 bridgehead atoms. The highest BCUT2D eigenvalue weighted by Crippen LogP contribution is 2.34. The van der Waals surface area contributed by atoms with Crippen molar-refractivity contribution < 1.29 is 9.18 Å². The molecule has 3 aromatic rings. The van der Waals surface area contributed by atoms with Crippen LogP contribution >= 0.6 is 11.3 Å². The molecule has 26 heavy (non-hydrogen) atoms. The third kappa shape index (κ3) is 2.92. The second-order valence-corrected chi connectivity index (χ2v) is 7.69. The second-order valence-electron chi connectivity index (χ2n) is 6.69. The summed E-state index contributed by atoms with van der Waals surface area (Å²) in [6, 6.07) is 6.49. The van der Waals surface area contributed by atoms with Gasteiger partial charge in [0.15, 0.2) is 0 Å². The summed E-state index contributed by atoms with van der Waals surface area (Å²) < 4.78 is 14.9. The topological polar surface area (TPSA) is 55.2 Å². The zero-order chi connectivity index (χ0) is 18.4. The summed E-state index contributed by atoms with van der Waals surface area (Å²) in [5, 5.41) is 0.504. The van der Waals surface area contributed by atoms with Crippen LogP contribution in [0, 0.1) is 12.7 Å². The lowest BCUT2D eigenvalue weighted by Gasteiger charge is -2.22. The number of hydrogen-bond acceptors (Lipinski definition) is 4. The average molecular weight is 371 g/mol. The lowest BCUT2D eigenvalue weighted by atomic mass is 10.1. The van der Waals surface area contributed by atoms with Crippen LogP contribution < -0.4 is 5.56 Å². The molecule has 0 aliphatic heterocycles. The van der Waals surface area contributed by atoms with Gasteiger partial charge >= 0.3 is 0 Å². The molecule has 1 saturated carbocycles. The first-order chi connectivity index (χ1) is 12.5. The fraction of sp³-hybridized carbons (Fsp3) is 0.316. The minimum absolute atomic E-state index is 0.112. The molecule has 1 fully saturated rings. The SMILES string of the molecule is Cc1c(C(=O)N(Cc2cccc(F)c2)C2CC2)sc2ncn(C)c(=O)c12. The first kappa shape index (κ1) is 16.9. The molecule has 0 atom stereocenters. The summed E-state index contributed by atoms with van der Waals surface area (Å²) in [7, 11) is 1.65. The van der Waals surface area contributed by atoms with Gasteiger partial charge in [0.2, 0.25) is 0 Å². The highest BCUT2D eigenvalue weighted by atomic mass is 32.1. The van der Waals surface area contributed by atoms with E-state index in [1.807, 2.05) is 6.07 Å². The van der Waals surface area contributed by atoms with Gasteiger partial charge in [0.1, 0.15) is 10.6 Å². The molecule has 2 aromatic heterocycles. The maximum atomic E-state index is 13.5. The number of halogens is 1. The lowest BCUT2D eigenvalue weighted by Crippen LogP contribution is -2.32. The molecule has 7 heteroatoms. The Kier molecular flexibility index (Phi) is 4.11. The van der Waals surface area contributed by atoms with Gasteiger partial charge in [0, 0.05) is 19.6 Å². The quantitative estimate of drug-likeness (QED) is 0.707. The summed E-state index contributed by atoms with van der Waals surface area (Å²) in [6.07, 6.45) is 3.37. The van der Waals surface area contributed by atoms with Gasteiger partial charge < -0.3 is 9.47 Å². The van der Waals surface area contributed by atoms with E-state index < -0.39 is 0 Å². The average Bonchev–Trinajstić information content (AvgIpc) is 3.39. The summed E-state index contributed by atoms with van der Waals surface area (Å²) in [5.41, 5.74) is 1.29. The Hall–Kier alpha value is -2.54. The predicted molar refractivity (Wildman–Crippen MR) is 98.9 cm³/mol. The third-order valence-electron chi connectivity index (χ3n) is 4.70. The first-order valence-electron chi connectivity index (χ1n) is 8.46. The van der Waals surface area contributed by atoms with Gasteiger partial charge in [-0.25, -0.2) is 9.37 Å². The van der Waals surface area contributed by atoms with Crippen LogP contribution in [0.3, 0.4) is 0 Å². The minimum atomic E-state index is -0.309. The van der Waals surface area contributed by atoms with Crippen molar-refractivity contribution in [3.63, 3.8) is 0 Å². The van der Waals surface area contributed by atoms with Crippen LogP contribution in [0.2, 0.25) is 0 Å². The van der Waals surface area contributed by atoms with E-state index in [4.69, 9.17) is 0 Å². The largest absolute Gasteiger partial charge is 0.331 e. The van der Waals surface area contributed by atoms with E-state index in [1.54, 1.807) is 24.9 Å². The number of carbonyl (C=O) groups excluding carboxylic acids is 1. The number of amides is 1. The van der Waals surface area contributed by atoms with E-state index in [2.05, 4.69) is 4.98 Å². The monoisotopic (exact) mass is 371 g/mol. The molecule has 1 aromatic carbocycles. The summed E-state index contributed by atoms with van der Waals surface area (Å²) in [6.45, 7) is 2.16. The number of rotatable bonds is 4. The van der Waals surface area contributed by atoms with Gasteiger partial charge in [0.05, 0.1) is 16.6 Å². The van der Waals surface area contributed by atoms with Crippen molar-refractivity contribution >= 4 is 27.5 Å². The van der Waals surface area contributed by atoms with Crippen LogP contribution in [-0.4, -0.2) is 26.4 Å². The van der Waals surface area contributed by atoms with E-state index in [-0.39, 0.29) is 23.3 Å². The molecule has 0 unspecified atom stereocenters. The highest BCUT2D eigenvalue weighted by molar-refractivity contribution is 7.20. The molecular formula is C19H18FN3O2S. The normalized spacial score (nSPS) is 14.0. The van der Waals surface area contributed by atoms with Crippen LogP contribution in [0.5, 0.6) is 0 Å². The number of aryl methyl sites for hydroxylation is 2. The molecule has 5 nitrogen and oxygen atoms in total. The van der Waals surface area contributed by atoms with Gasteiger partial charge in [-0.05, 0) is 43.0 Å². The Morgan fingerprint density at radius 2 is 2.19 bits per heavy atom. The molecular weight excluding hydrogens is 353 g/mol. The Balaban J connectivity index is 1.73. The van der Waals surface area contributed by atoms with Crippen molar-refractivity contribution in [3.8, 4) is 0 Å². The maximum absolute atomic E-state index is 13.5. The van der Waals surface area contributed by atoms with Crippen molar-refractivity contribution in [3.05, 3.63) is 62.8 Å². The zero-order valence-electron chi connectivity index (χ0n) is 14.5. The summed E-state index contributed by atoms with van der Waals surface area (Å²) in [4.78, 5) is 32.8. The maximum Gasteiger partial charge on any atom is 0.264 e. The smallest absolute Gasteiger partial charge is 0.264 e. The van der Waals surface area contributed by atoms with Crippen LogP contribution in [0.4, 0.5) is 4.39 Å². The number of aromatic nitrogens is 2. The van der Waals surface area contributed by atoms with Crippen LogP contribution in [0.1, 0.15) is 33.6 Å². The number of benzene rings is 1. The molecule has 0 N–H and O–H groups in total. The van der Waals surface area contributed by atoms with E-state index in [0.29, 0.717) is 27.2 Å². The Morgan fingerprint density at radius 3 is 2.88 bits per heavy atom. The summed E-state index contributed by atoms with van der Waals surface area (Å²) >= 11 is 1.25. The molecule has 0 saturated heterocycles. The molecule has 1 aliphatic carbocycles. The molecule has 1 amide bonds. The van der Waals surface area contributed by atoms with E-state index in [0.717, 1.165) is 18.4 Å². The first-order valence-corrected chi connectivity index (χ1v) is 9.27. The lowest BCUT2D eigenvalue weighted by molar-refractivity contribution is 0.0734. The third-order valence-corrected chi connectivity index (χ3v) is 5.88.